The molecule has 0 spiro atoms. The summed E-state index contributed by atoms with van der Waals surface area (Å²) in [7, 11) is 0. The van der Waals surface area contributed by atoms with Crippen molar-refractivity contribution in [3.05, 3.63) is 0 Å². The van der Waals surface area contributed by atoms with Gasteiger partial charge in [-0.3, -0.25) is 4.79 Å². The van der Waals surface area contributed by atoms with Crippen LogP contribution in [0.4, 0.5) is 26.3 Å². The monoisotopic (exact) mass is 278 g/mol. The lowest BCUT2D eigenvalue weighted by molar-refractivity contribution is -0.278. The highest BCUT2D eigenvalue weighted by atomic mass is 19.4. The third-order valence-corrected chi connectivity index (χ3v) is 2.69. The topological polar surface area (TPSA) is 32.3 Å². The van der Waals surface area contributed by atoms with E-state index in [4.69, 9.17) is 0 Å². The molecule has 0 saturated carbocycles. The van der Waals surface area contributed by atoms with E-state index in [-0.39, 0.29) is 19.6 Å². The van der Waals surface area contributed by atoms with Crippen LogP contribution in [0.1, 0.15) is 6.92 Å². The second-order valence-corrected chi connectivity index (χ2v) is 4.10. The quantitative estimate of drug-likeness (QED) is 0.738. The Morgan fingerprint density at radius 3 is 2.11 bits per heavy atom. The Hall–Kier alpha value is -0.990. The molecule has 1 heterocycles. The third kappa shape index (κ3) is 3.27. The first-order valence-electron chi connectivity index (χ1n) is 5.19. The molecular formula is C9H12F6N2O. The highest BCUT2D eigenvalue weighted by Crippen LogP contribution is 2.40. The van der Waals surface area contributed by atoms with E-state index in [0.29, 0.717) is 4.90 Å². The summed E-state index contributed by atoms with van der Waals surface area (Å²) in [4.78, 5) is 12.1. The van der Waals surface area contributed by atoms with Crippen molar-refractivity contribution in [2.24, 2.45) is 5.92 Å². The smallest absolute Gasteiger partial charge is 0.337 e. The van der Waals surface area contributed by atoms with E-state index >= 15 is 0 Å². The van der Waals surface area contributed by atoms with Crippen LogP contribution in [0.2, 0.25) is 0 Å². The summed E-state index contributed by atoms with van der Waals surface area (Å²) in [5.74, 6) is -5.87. The van der Waals surface area contributed by atoms with Crippen LogP contribution < -0.4 is 5.32 Å². The molecule has 9 heteroatoms. The Kier molecular flexibility index (Phi) is 4.14. The number of nitrogens with one attached hydrogen (secondary N) is 1. The van der Waals surface area contributed by atoms with Crippen molar-refractivity contribution in [2.45, 2.75) is 25.3 Å². The molecule has 0 bridgehead atoms. The Labute approximate surface area is 99.1 Å². The normalized spacial score (nSPS) is 22.4. The van der Waals surface area contributed by atoms with Gasteiger partial charge in [-0.05, 0) is 6.92 Å². The first-order chi connectivity index (χ1) is 8.05. The predicted molar refractivity (Wildman–Crippen MR) is 49.6 cm³/mol. The Morgan fingerprint density at radius 1 is 1.22 bits per heavy atom. The van der Waals surface area contributed by atoms with Crippen LogP contribution >= 0.6 is 0 Å². The minimum atomic E-state index is -5.63. The number of nitrogens with zero attached hydrogens (tertiary/aromatic N) is 1. The van der Waals surface area contributed by atoms with Crippen molar-refractivity contribution in [1.29, 1.82) is 0 Å². The van der Waals surface area contributed by atoms with Gasteiger partial charge < -0.3 is 10.2 Å². The van der Waals surface area contributed by atoms with Gasteiger partial charge >= 0.3 is 12.4 Å². The van der Waals surface area contributed by atoms with Gasteiger partial charge in [-0.25, -0.2) is 0 Å². The molecule has 1 fully saturated rings. The SMILES string of the molecule is C[C@H]1CNCCN1C(=O)C(C(F)(F)F)C(F)(F)F. The van der Waals surface area contributed by atoms with E-state index in [9.17, 15) is 31.1 Å². The van der Waals surface area contributed by atoms with Crippen LogP contribution in [-0.2, 0) is 4.79 Å². The number of rotatable bonds is 1. The Balaban J connectivity index is 2.96. The Bertz CT molecular complexity index is 299. The van der Waals surface area contributed by atoms with E-state index < -0.39 is 30.2 Å². The number of alkyl halides is 6. The zero-order valence-corrected chi connectivity index (χ0v) is 9.40. The van der Waals surface area contributed by atoms with Crippen molar-refractivity contribution in [3.8, 4) is 0 Å². The molecule has 0 aliphatic carbocycles. The van der Waals surface area contributed by atoms with E-state index in [1.165, 1.54) is 6.92 Å². The van der Waals surface area contributed by atoms with E-state index in [1.807, 2.05) is 0 Å². The lowest BCUT2D eigenvalue weighted by Crippen LogP contribution is -2.58. The number of piperazine rings is 1. The van der Waals surface area contributed by atoms with Crippen LogP contribution in [0, 0.1) is 5.92 Å². The molecule has 1 rings (SSSR count). The molecule has 1 aliphatic rings. The lowest BCUT2D eigenvalue weighted by Gasteiger charge is -2.37. The second kappa shape index (κ2) is 4.94. The molecule has 1 atom stereocenters. The maximum absolute atomic E-state index is 12.4. The van der Waals surface area contributed by atoms with Crippen molar-refractivity contribution in [3.63, 3.8) is 0 Å². The highest BCUT2D eigenvalue weighted by molar-refractivity contribution is 5.81. The second-order valence-electron chi connectivity index (χ2n) is 4.10. The average molecular weight is 278 g/mol. The minimum Gasteiger partial charge on any atom is -0.337 e. The molecular weight excluding hydrogens is 266 g/mol. The standard InChI is InChI=1S/C9H12F6N2O/c1-5-4-16-2-3-17(5)7(18)6(8(10,11)12)9(13,14)15/h5-6,16H,2-4H2,1H3/t5-/m0/s1. The van der Waals surface area contributed by atoms with E-state index in [0.717, 1.165) is 0 Å². The fourth-order valence-electron chi connectivity index (χ4n) is 1.80. The number of hydrogen-bond donors (Lipinski definition) is 1. The highest BCUT2D eigenvalue weighted by Gasteiger charge is 2.62. The van der Waals surface area contributed by atoms with Gasteiger partial charge in [0, 0.05) is 25.7 Å². The molecule has 1 amide bonds. The summed E-state index contributed by atoms with van der Waals surface area (Å²) >= 11 is 0. The fraction of sp³-hybridized carbons (Fsp3) is 0.889. The molecule has 1 saturated heterocycles. The maximum atomic E-state index is 12.4. The predicted octanol–water partition coefficient (Wildman–Crippen LogP) is 1.55. The van der Waals surface area contributed by atoms with Crippen LogP contribution in [0.3, 0.4) is 0 Å². The zero-order valence-electron chi connectivity index (χ0n) is 9.40. The lowest BCUT2D eigenvalue weighted by atomic mass is 10.0. The number of halogens is 6. The van der Waals surface area contributed by atoms with Gasteiger partial charge in [0.15, 0.2) is 0 Å². The van der Waals surface area contributed by atoms with Crippen molar-refractivity contribution < 1.29 is 31.1 Å². The maximum Gasteiger partial charge on any atom is 0.409 e. The molecule has 0 aromatic heterocycles. The van der Waals surface area contributed by atoms with Gasteiger partial charge in [-0.15, -0.1) is 0 Å². The van der Waals surface area contributed by atoms with Crippen LogP contribution in [0.15, 0.2) is 0 Å². The molecule has 0 radical (unpaired) electrons. The summed E-state index contributed by atoms with van der Waals surface area (Å²) in [5, 5.41) is 2.78. The van der Waals surface area contributed by atoms with Gasteiger partial charge in [0.25, 0.3) is 0 Å². The first-order valence-corrected chi connectivity index (χ1v) is 5.19. The summed E-state index contributed by atoms with van der Waals surface area (Å²) in [6, 6.07) is -0.696. The molecule has 0 unspecified atom stereocenters. The van der Waals surface area contributed by atoms with Crippen molar-refractivity contribution in [1.82, 2.24) is 10.2 Å². The van der Waals surface area contributed by atoms with Gasteiger partial charge in [0.2, 0.25) is 11.8 Å². The van der Waals surface area contributed by atoms with Crippen molar-refractivity contribution in [2.75, 3.05) is 19.6 Å². The molecule has 1 aliphatic heterocycles. The van der Waals surface area contributed by atoms with Crippen LogP contribution in [-0.4, -0.2) is 48.8 Å². The summed E-state index contributed by atoms with van der Waals surface area (Å²) < 4.78 is 74.2. The van der Waals surface area contributed by atoms with Gasteiger partial charge in [-0.2, -0.15) is 26.3 Å². The van der Waals surface area contributed by atoms with Gasteiger partial charge in [0.05, 0.1) is 0 Å². The van der Waals surface area contributed by atoms with E-state index in [2.05, 4.69) is 5.32 Å². The number of carbonyl (C=O) groups excluding carboxylic acids is 1. The molecule has 1 N–H and O–H groups in total. The van der Waals surface area contributed by atoms with E-state index in [1.54, 1.807) is 0 Å². The number of carbonyl (C=O) groups is 1. The van der Waals surface area contributed by atoms with Crippen LogP contribution in [0.25, 0.3) is 0 Å². The van der Waals surface area contributed by atoms with Crippen molar-refractivity contribution >= 4 is 5.91 Å². The largest absolute Gasteiger partial charge is 0.409 e. The summed E-state index contributed by atoms with van der Waals surface area (Å²) in [6.45, 7) is 1.59. The molecule has 106 valence electrons. The number of hydrogen-bond acceptors (Lipinski definition) is 2. The average Bonchev–Trinajstić information content (AvgIpc) is 2.13. The summed E-state index contributed by atoms with van der Waals surface area (Å²) in [6.07, 6.45) is -11.3. The van der Waals surface area contributed by atoms with Crippen LogP contribution in [0.5, 0.6) is 0 Å². The van der Waals surface area contributed by atoms with Gasteiger partial charge in [0.1, 0.15) is 0 Å². The third-order valence-electron chi connectivity index (χ3n) is 2.69. The molecule has 0 aromatic carbocycles. The van der Waals surface area contributed by atoms with Gasteiger partial charge in [-0.1, -0.05) is 0 Å². The zero-order chi connectivity index (χ0) is 14.1. The number of amides is 1. The first kappa shape index (κ1) is 15.1. The molecule has 18 heavy (non-hydrogen) atoms. The fourth-order valence-corrected chi connectivity index (χ4v) is 1.80. The minimum absolute atomic E-state index is 0.164. The molecule has 3 nitrogen and oxygen atoms in total. The molecule has 0 aromatic rings. The summed E-state index contributed by atoms with van der Waals surface area (Å²) in [5.41, 5.74) is 0. The Morgan fingerprint density at radius 2 is 1.72 bits per heavy atom.